The molecule has 2 nitrogen and oxygen atoms in total. The van der Waals surface area contributed by atoms with Crippen LogP contribution in [-0.2, 0) is 19.3 Å². The Hall–Kier alpha value is -1.54. The molecule has 0 saturated heterocycles. The molecule has 2 bridgehead atoms. The Labute approximate surface area is 119 Å². The van der Waals surface area contributed by atoms with E-state index in [0.29, 0.717) is 18.3 Å². The van der Waals surface area contributed by atoms with E-state index in [-0.39, 0.29) is 0 Å². The van der Waals surface area contributed by atoms with Crippen LogP contribution in [0.25, 0.3) is 0 Å². The number of rotatable bonds is 2. The van der Waals surface area contributed by atoms with Crippen molar-refractivity contribution in [3.8, 4) is 0 Å². The lowest BCUT2D eigenvalue weighted by Crippen LogP contribution is -2.42. The van der Waals surface area contributed by atoms with E-state index in [0.717, 1.165) is 31.4 Å². The number of hydrogen-bond acceptors (Lipinski definition) is 2. The smallest absolute Gasteiger partial charge is 0.106 e. The van der Waals surface area contributed by atoms with E-state index < -0.39 is 5.60 Å². The summed E-state index contributed by atoms with van der Waals surface area (Å²) in [5, 5.41) is 11.3. The van der Waals surface area contributed by atoms with Crippen LogP contribution in [0.5, 0.6) is 0 Å². The first-order valence-corrected chi connectivity index (χ1v) is 7.57. The Balaban J connectivity index is 1.69. The first-order chi connectivity index (χ1) is 9.75. The van der Waals surface area contributed by atoms with Crippen molar-refractivity contribution in [1.29, 1.82) is 0 Å². The van der Waals surface area contributed by atoms with Crippen molar-refractivity contribution in [2.45, 2.75) is 37.7 Å². The summed E-state index contributed by atoms with van der Waals surface area (Å²) in [4.78, 5) is 0. The molecule has 20 heavy (non-hydrogen) atoms. The molecule has 2 aliphatic rings. The summed E-state index contributed by atoms with van der Waals surface area (Å²) in [5.74, 6) is 1.64. The van der Waals surface area contributed by atoms with Crippen LogP contribution >= 0.6 is 0 Å². The Morgan fingerprint density at radius 2 is 1.65 bits per heavy atom. The van der Waals surface area contributed by atoms with Gasteiger partial charge in [-0.3, -0.25) is 0 Å². The van der Waals surface area contributed by atoms with Crippen LogP contribution < -0.4 is 0 Å². The van der Waals surface area contributed by atoms with Gasteiger partial charge in [0, 0.05) is 6.42 Å². The third kappa shape index (κ3) is 1.82. The van der Waals surface area contributed by atoms with Gasteiger partial charge in [-0.1, -0.05) is 24.3 Å². The summed E-state index contributed by atoms with van der Waals surface area (Å²) in [6, 6.07) is 12.6. The van der Waals surface area contributed by atoms with Gasteiger partial charge in [-0.15, -0.1) is 0 Å². The zero-order chi connectivity index (χ0) is 13.6. The highest BCUT2D eigenvalue weighted by Gasteiger charge is 2.50. The summed E-state index contributed by atoms with van der Waals surface area (Å²) in [6.45, 7) is 0. The van der Waals surface area contributed by atoms with Crippen molar-refractivity contribution >= 4 is 0 Å². The average Bonchev–Trinajstić information content (AvgIpc) is 2.98. The Kier molecular flexibility index (Phi) is 2.74. The lowest BCUT2D eigenvalue weighted by Gasteiger charge is -2.33. The molecule has 4 rings (SSSR count). The zero-order valence-corrected chi connectivity index (χ0v) is 11.6. The minimum atomic E-state index is -0.600. The second kappa shape index (κ2) is 4.49. The summed E-state index contributed by atoms with van der Waals surface area (Å²) < 4.78 is 5.48. The first-order valence-electron chi connectivity index (χ1n) is 7.57. The van der Waals surface area contributed by atoms with Crippen molar-refractivity contribution in [3.63, 3.8) is 0 Å². The van der Waals surface area contributed by atoms with Crippen LogP contribution in [-0.4, -0.2) is 10.7 Å². The molecule has 2 atom stereocenters. The van der Waals surface area contributed by atoms with Crippen LogP contribution in [0.4, 0.5) is 0 Å². The van der Waals surface area contributed by atoms with Gasteiger partial charge in [0.05, 0.1) is 11.9 Å². The van der Waals surface area contributed by atoms with Crippen LogP contribution in [0, 0.1) is 11.8 Å². The average molecular weight is 268 g/mol. The van der Waals surface area contributed by atoms with Gasteiger partial charge in [-0.05, 0) is 60.8 Å². The number of benzene rings is 1. The number of furan rings is 1. The van der Waals surface area contributed by atoms with E-state index in [2.05, 4.69) is 24.3 Å². The van der Waals surface area contributed by atoms with Gasteiger partial charge in [-0.2, -0.15) is 0 Å². The van der Waals surface area contributed by atoms with Gasteiger partial charge in [0.25, 0.3) is 0 Å². The number of fused-ring (bicyclic) bond motifs is 3. The SMILES string of the molecule is OC1(Cc2ccco2)C2CCC1Cc1ccccc1C2. The molecule has 0 radical (unpaired) electrons. The fraction of sp³-hybridized carbons (Fsp3) is 0.444. The minimum Gasteiger partial charge on any atom is -0.469 e. The van der Waals surface area contributed by atoms with Gasteiger partial charge in [0.2, 0.25) is 0 Å². The zero-order valence-electron chi connectivity index (χ0n) is 11.6. The third-order valence-electron chi connectivity index (χ3n) is 5.37. The number of aliphatic hydroxyl groups is 1. The van der Waals surface area contributed by atoms with Gasteiger partial charge < -0.3 is 9.52 Å². The van der Waals surface area contributed by atoms with Gasteiger partial charge in [0.1, 0.15) is 5.76 Å². The Morgan fingerprint density at radius 3 is 2.20 bits per heavy atom. The fourth-order valence-corrected chi connectivity index (χ4v) is 4.26. The highest BCUT2D eigenvalue weighted by Crippen LogP contribution is 2.48. The van der Waals surface area contributed by atoms with Crippen molar-refractivity contribution in [2.24, 2.45) is 11.8 Å². The topological polar surface area (TPSA) is 33.4 Å². The van der Waals surface area contributed by atoms with E-state index in [9.17, 15) is 5.11 Å². The standard InChI is InChI=1S/C18H20O2/c19-18(12-17-6-3-9-20-17)15-7-8-16(18)11-14-5-2-1-4-13(14)10-15/h1-6,9,15-16,19H,7-8,10-12H2. The van der Waals surface area contributed by atoms with Crippen LogP contribution in [0.2, 0.25) is 0 Å². The van der Waals surface area contributed by atoms with E-state index >= 15 is 0 Å². The lowest BCUT2D eigenvalue weighted by atomic mass is 9.79. The molecule has 1 fully saturated rings. The molecule has 1 aromatic heterocycles. The quantitative estimate of drug-likeness (QED) is 0.906. The molecule has 0 amide bonds. The molecule has 1 saturated carbocycles. The summed E-state index contributed by atoms with van der Waals surface area (Å²) >= 11 is 0. The first kappa shape index (κ1) is 12.2. The minimum absolute atomic E-state index is 0.362. The molecule has 2 heteroatoms. The monoisotopic (exact) mass is 268 g/mol. The van der Waals surface area contributed by atoms with Crippen LogP contribution in [0.1, 0.15) is 29.7 Å². The molecule has 1 aromatic carbocycles. The van der Waals surface area contributed by atoms with Crippen molar-refractivity contribution in [2.75, 3.05) is 0 Å². The highest BCUT2D eigenvalue weighted by molar-refractivity contribution is 5.32. The number of hydrogen-bond donors (Lipinski definition) is 1. The third-order valence-corrected chi connectivity index (χ3v) is 5.37. The molecule has 2 aromatic rings. The van der Waals surface area contributed by atoms with Gasteiger partial charge in [-0.25, -0.2) is 0 Å². The van der Waals surface area contributed by atoms with Crippen LogP contribution in [0.15, 0.2) is 47.1 Å². The molecular formula is C18H20O2. The summed E-state index contributed by atoms with van der Waals surface area (Å²) in [7, 11) is 0. The normalized spacial score (nSPS) is 31.9. The molecule has 104 valence electrons. The highest BCUT2D eigenvalue weighted by atomic mass is 16.3. The predicted octanol–water partition coefficient (Wildman–Crippen LogP) is 3.38. The maximum atomic E-state index is 11.3. The van der Waals surface area contributed by atoms with Gasteiger partial charge in [0.15, 0.2) is 0 Å². The molecule has 2 unspecified atom stereocenters. The summed E-state index contributed by atoms with van der Waals surface area (Å²) in [6.07, 6.45) is 6.63. The van der Waals surface area contributed by atoms with Crippen molar-refractivity contribution in [3.05, 3.63) is 59.5 Å². The maximum Gasteiger partial charge on any atom is 0.106 e. The van der Waals surface area contributed by atoms with Gasteiger partial charge >= 0.3 is 0 Å². The van der Waals surface area contributed by atoms with E-state index in [1.165, 1.54) is 11.1 Å². The molecule has 1 N–H and O–H groups in total. The second-order valence-electron chi connectivity index (χ2n) is 6.40. The van der Waals surface area contributed by atoms with E-state index in [1.807, 2.05) is 12.1 Å². The fourth-order valence-electron chi connectivity index (χ4n) is 4.26. The van der Waals surface area contributed by atoms with Crippen molar-refractivity contribution in [1.82, 2.24) is 0 Å². The molecule has 0 spiro atoms. The largest absolute Gasteiger partial charge is 0.469 e. The van der Waals surface area contributed by atoms with E-state index in [1.54, 1.807) is 6.26 Å². The predicted molar refractivity (Wildman–Crippen MR) is 77.4 cm³/mol. The Bertz CT molecular complexity index is 567. The van der Waals surface area contributed by atoms with E-state index in [4.69, 9.17) is 4.42 Å². The molecular weight excluding hydrogens is 248 g/mol. The molecule has 1 heterocycles. The summed E-state index contributed by atoms with van der Waals surface area (Å²) in [5.41, 5.74) is 2.26. The van der Waals surface area contributed by atoms with Crippen LogP contribution in [0.3, 0.4) is 0 Å². The second-order valence-corrected chi connectivity index (χ2v) is 6.40. The van der Waals surface area contributed by atoms with Crippen molar-refractivity contribution < 1.29 is 9.52 Å². The Morgan fingerprint density at radius 1 is 1.00 bits per heavy atom. The maximum absolute atomic E-state index is 11.3. The molecule has 0 aliphatic heterocycles. The lowest BCUT2D eigenvalue weighted by molar-refractivity contribution is -0.0367. The molecule has 2 aliphatic carbocycles.